The maximum Gasteiger partial charge on any atom is 0.273 e. The van der Waals surface area contributed by atoms with Crippen LogP contribution in [0, 0.1) is 6.92 Å². The number of nitrogens with two attached hydrogens (primary N) is 1. The van der Waals surface area contributed by atoms with Gasteiger partial charge in [0.05, 0.1) is 23.1 Å². The third-order valence-corrected chi connectivity index (χ3v) is 5.83. The Hall–Kier alpha value is -2.19. The van der Waals surface area contributed by atoms with Crippen molar-refractivity contribution in [2.45, 2.75) is 11.1 Å². The van der Waals surface area contributed by atoms with E-state index in [4.69, 9.17) is 5.73 Å². The lowest BCUT2D eigenvalue weighted by atomic mass is 10.2. The summed E-state index contributed by atoms with van der Waals surface area (Å²) in [6.07, 6.45) is 1.49. The van der Waals surface area contributed by atoms with Crippen LogP contribution in [0.15, 0.2) is 40.7 Å². The van der Waals surface area contributed by atoms with Crippen LogP contribution in [0.3, 0.4) is 0 Å². The van der Waals surface area contributed by atoms with Crippen LogP contribution in [0.5, 0.6) is 0 Å². The predicted octanol–water partition coefficient (Wildman–Crippen LogP) is 2.38. The maximum absolute atomic E-state index is 12.3. The van der Waals surface area contributed by atoms with Gasteiger partial charge in [0.1, 0.15) is 0 Å². The highest BCUT2D eigenvalue weighted by Crippen LogP contribution is 2.27. The zero-order valence-corrected chi connectivity index (χ0v) is 12.7. The first-order valence-corrected chi connectivity index (χ1v) is 8.36. The van der Waals surface area contributed by atoms with Gasteiger partial charge in [-0.15, -0.1) is 0 Å². The molecule has 0 aliphatic rings. The van der Waals surface area contributed by atoms with Crippen LogP contribution in [-0.2, 0) is 10.0 Å². The lowest BCUT2D eigenvalue weighted by molar-refractivity contribution is 0.602. The summed E-state index contributed by atoms with van der Waals surface area (Å²) < 4.78 is 27.3. The number of para-hydroxylation sites is 1. The fourth-order valence-corrected chi connectivity index (χ4v) is 4.32. The number of aryl methyl sites for hydroxylation is 1. The molecule has 0 aliphatic heterocycles. The van der Waals surface area contributed by atoms with Gasteiger partial charge in [-0.2, -0.15) is 0 Å². The third kappa shape index (κ3) is 2.67. The molecular formula is C13H12N4O2S2. The molecule has 3 N–H and O–H groups in total. The molecule has 0 aliphatic carbocycles. The van der Waals surface area contributed by atoms with Crippen LogP contribution >= 0.6 is 11.3 Å². The number of thiazole rings is 1. The van der Waals surface area contributed by atoms with Gasteiger partial charge in [-0.3, -0.25) is 9.71 Å². The number of nitrogens with one attached hydrogen (secondary N) is 1. The summed E-state index contributed by atoms with van der Waals surface area (Å²) in [7, 11) is -3.71. The summed E-state index contributed by atoms with van der Waals surface area (Å²) in [4.78, 5) is 8.15. The van der Waals surface area contributed by atoms with Crippen molar-refractivity contribution in [3.05, 3.63) is 42.2 Å². The van der Waals surface area contributed by atoms with Crippen molar-refractivity contribution in [2.24, 2.45) is 0 Å². The Balaban J connectivity index is 1.99. The minimum Gasteiger partial charge on any atom is -0.375 e. The predicted molar refractivity (Wildman–Crippen MR) is 83.8 cm³/mol. The number of benzene rings is 1. The molecule has 3 aromatic rings. The standard InChI is InChI=1S/C13H12N4O2S2/c1-8-12(20-13(14)16-8)21(18,19)17-10-6-9-4-2-3-5-11(9)15-7-10/h2-7,17H,1H3,(H2,14,16). The van der Waals surface area contributed by atoms with Gasteiger partial charge in [-0.25, -0.2) is 13.4 Å². The highest BCUT2D eigenvalue weighted by Gasteiger charge is 2.21. The molecule has 0 atom stereocenters. The number of fused-ring (bicyclic) bond motifs is 1. The SMILES string of the molecule is Cc1nc(N)sc1S(=O)(=O)Nc1cnc2ccccc2c1. The second-order valence-electron chi connectivity index (χ2n) is 4.45. The van der Waals surface area contributed by atoms with Crippen molar-refractivity contribution >= 4 is 43.1 Å². The first-order chi connectivity index (χ1) is 9.95. The van der Waals surface area contributed by atoms with Crippen LogP contribution in [0.1, 0.15) is 5.69 Å². The average molecular weight is 320 g/mol. The fraction of sp³-hybridized carbons (Fsp3) is 0.0769. The minimum atomic E-state index is -3.71. The van der Waals surface area contributed by atoms with Crippen LogP contribution in [0.25, 0.3) is 10.9 Å². The second-order valence-corrected chi connectivity index (χ2v) is 7.36. The van der Waals surface area contributed by atoms with Crippen LogP contribution < -0.4 is 10.5 Å². The van der Waals surface area contributed by atoms with Crippen molar-refractivity contribution in [3.8, 4) is 0 Å². The van der Waals surface area contributed by atoms with Crippen molar-refractivity contribution < 1.29 is 8.42 Å². The van der Waals surface area contributed by atoms with Crippen molar-refractivity contribution in [1.82, 2.24) is 9.97 Å². The Morgan fingerprint density at radius 1 is 1.29 bits per heavy atom. The van der Waals surface area contributed by atoms with Gasteiger partial charge in [0.2, 0.25) is 0 Å². The molecule has 0 bridgehead atoms. The lowest BCUT2D eigenvalue weighted by Crippen LogP contribution is -2.12. The third-order valence-electron chi connectivity index (χ3n) is 2.86. The largest absolute Gasteiger partial charge is 0.375 e. The Kier molecular flexibility index (Phi) is 3.26. The number of hydrogen-bond donors (Lipinski definition) is 2. The van der Waals surface area contributed by atoms with Gasteiger partial charge in [0.25, 0.3) is 10.0 Å². The van der Waals surface area contributed by atoms with E-state index in [1.165, 1.54) is 6.20 Å². The van der Waals surface area contributed by atoms with Crippen molar-refractivity contribution in [1.29, 1.82) is 0 Å². The highest BCUT2D eigenvalue weighted by atomic mass is 32.2. The molecule has 108 valence electrons. The molecule has 2 aromatic heterocycles. The molecule has 21 heavy (non-hydrogen) atoms. The summed E-state index contributed by atoms with van der Waals surface area (Å²) in [6, 6.07) is 9.22. The molecule has 3 rings (SSSR count). The van der Waals surface area contributed by atoms with E-state index in [0.29, 0.717) is 11.4 Å². The summed E-state index contributed by atoms with van der Waals surface area (Å²) in [5.74, 6) is 0. The van der Waals surface area contributed by atoms with Crippen LogP contribution in [0.4, 0.5) is 10.8 Å². The van der Waals surface area contributed by atoms with E-state index in [0.717, 1.165) is 22.2 Å². The van der Waals surface area contributed by atoms with Crippen LogP contribution in [-0.4, -0.2) is 18.4 Å². The number of aromatic nitrogens is 2. The normalized spacial score (nSPS) is 11.7. The van der Waals surface area contributed by atoms with E-state index < -0.39 is 10.0 Å². The molecule has 0 radical (unpaired) electrons. The molecule has 8 heteroatoms. The average Bonchev–Trinajstić information content (AvgIpc) is 2.78. The molecular weight excluding hydrogens is 308 g/mol. The van der Waals surface area contributed by atoms with Gasteiger partial charge in [-0.05, 0) is 19.1 Å². The molecule has 1 aromatic carbocycles. The highest BCUT2D eigenvalue weighted by molar-refractivity contribution is 7.94. The number of hydrogen-bond acceptors (Lipinski definition) is 6. The van der Waals surface area contributed by atoms with E-state index in [2.05, 4.69) is 14.7 Å². The number of rotatable bonds is 3. The molecule has 0 amide bonds. The second kappa shape index (κ2) is 4.97. The quantitative estimate of drug-likeness (QED) is 0.772. The van der Waals surface area contributed by atoms with Gasteiger partial charge >= 0.3 is 0 Å². The number of anilines is 2. The zero-order valence-electron chi connectivity index (χ0n) is 11.1. The number of nitrogen functional groups attached to an aromatic ring is 1. The topological polar surface area (TPSA) is 98.0 Å². The summed E-state index contributed by atoms with van der Waals surface area (Å²) in [5.41, 5.74) is 7.14. The molecule has 0 saturated heterocycles. The summed E-state index contributed by atoms with van der Waals surface area (Å²) in [5, 5.41) is 1.09. The molecule has 0 saturated carbocycles. The van der Waals surface area contributed by atoms with E-state index in [1.807, 2.05) is 24.3 Å². The number of sulfonamides is 1. The Morgan fingerprint density at radius 2 is 2.05 bits per heavy atom. The minimum absolute atomic E-state index is 0.119. The maximum atomic E-state index is 12.3. The van der Waals surface area contributed by atoms with Gasteiger partial charge in [0.15, 0.2) is 9.34 Å². The van der Waals surface area contributed by atoms with E-state index in [1.54, 1.807) is 13.0 Å². The molecule has 0 fully saturated rings. The number of pyridine rings is 1. The lowest BCUT2D eigenvalue weighted by Gasteiger charge is -2.07. The van der Waals surface area contributed by atoms with E-state index in [9.17, 15) is 8.42 Å². The Morgan fingerprint density at radius 3 is 2.76 bits per heavy atom. The molecule has 6 nitrogen and oxygen atoms in total. The monoisotopic (exact) mass is 320 g/mol. The smallest absolute Gasteiger partial charge is 0.273 e. The van der Waals surface area contributed by atoms with E-state index in [-0.39, 0.29) is 9.34 Å². The van der Waals surface area contributed by atoms with Crippen molar-refractivity contribution in [3.63, 3.8) is 0 Å². The fourth-order valence-electron chi connectivity index (χ4n) is 1.98. The molecule has 2 heterocycles. The summed E-state index contributed by atoms with van der Waals surface area (Å²) >= 11 is 0.940. The van der Waals surface area contributed by atoms with Crippen molar-refractivity contribution in [2.75, 3.05) is 10.5 Å². The van der Waals surface area contributed by atoms with Gasteiger partial charge < -0.3 is 5.73 Å². The van der Waals surface area contributed by atoms with Gasteiger partial charge in [-0.1, -0.05) is 29.5 Å². The zero-order chi connectivity index (χ0) is 15.0. The molecule has 0 spiro atoms. The molecule has 0 unspecified atom stereocenters. The van der Waals surface area contributed by atoms with Gasteiger partial charge in [0, 0.05) is 5.39 Å². The van der Waals surface area contributed by atoms with E-state index >= 15 is 0 Å². The Labute approximate surface area is 125 Å². The first-order valence-electron chi connectivity index (χ1n) is 6.06. The van der Waals surface area contributed by atoms with Crippen LogP contribution in [0.2, 0.25) is 0 Å². The summed E-state index contributed by atoms with van der Waals surface area (Å²) in [6.45, 7) is 1.61. The number of nitrogens with zero attached hydrogens (tertiary/aromatic N) is 2. The Bertz CT molecular complexity index is 919. The first kappa shape index (κ1) is 13.8.